The van der Waals surface area contributed by atoms with Crippen LogP contribution < -0.4 is 16.7 Å². The van der Waals surface area contributed by atoms with Gasteiger partial charge in [0, 0.05) is 25.7 Å². The second-order valence-electron chi connectivity index (χ2n) is 7.43. The number of nitro groups is 1. The number of H-pyrrole nitrogens is 1. The number of nitrogens with zero attached hydrogens (tertiary/aromatic N) is 5. The summed E-state index contributed by atoms with van der Waals surface area (Å²) in [6.45, 7) is 2.17. The van der Waals surface area contributed by atoms with Crippen molar-refractivity contribution in [3.05, 3.63) is 96.7 Å². The molecule has 2 aromatic carbocycles. The Hall–Kier alpha value is -4.54. The van der Waals surface area contributed by atoms with Gasteiger partial charge in [0.05, 0.1) is 10.6 Å². The van der Waals surface area contributed by atoms with Gasteiger partial charge in [-0.2, -0.15) is 10.1 Å². The van der Waals surface area contributed by atoms with Gasteiger partial charge in [-0.05, 0) is 36.6 Å². The first-order chi connectivity index (χ1) is 15.8. The summed E-state index contributed by atoms with van der Waals surface area (Å²) in [5.74, 6) is 0.300. The summed E-state index contributed by atoms with van der Waals surface area (Å²) in [5, 5.41) is 15.2. The van der Waals surface area contributed by atoms with Crippen molar-refractivity contribution in [1.29, 1.82) is 0 Å². The highest BCUT2D eigenvalue weighted by Crippen LogP contribution is 2.18. The van der Waals surface area contributed by atoms with Crippen molar-refractivity contribution in [2.24, 2.45) is 12.1 Å². The minimum atomic E-state index is -0.558. The topological polar surface area (TPSA) is 140 Å². The highest BCUT2D eigenvalue weighted by atomic mass is 16.6. The van der Waals surface area contributed by atoms with Gasteiger partial charge in [-0.25, -0.2) is 10.2 Å². The third-order valence-electron chi connectivity index (χ3n) is 5.29. The van der Waals surface area contributed by atoms with Crippen LogP contribution in [0.4, 0.5) is 11.6 Å². The van der Waals surface area contributed by atoms with E-state index in [0.29, 0.717) is 30.2 Å². The molecule has 0 saturated heterocycles. The summed E-state index contributed by atoms with van der Waals surface area (Å²) in [6, 6.07) is 15.8. The molecule has 0 aliphatic carbocycles. The zero-order valence-electron chi connectivity index (χ0n) is 18.0. The fourth-order valence-electron chi connectivity index (χ4n) is 3.45. The van der Waals surface area contributed by atoms with Crippen molar-refractivity contribution in [2.45, 2.75) is 19.9 Å². The summed E-state index contributed by atoms with van der Waals surface area (Å²) < 4.78 is 2.96. The van der Waals surface area contributed by atoms with Gasteiger partial charge < -0.3 is 4.57 Å². The van der Waals surface area contributed by atoms with Gasteiger partial charge in [-0.1, -0.05) is 30.3 Å². The van der Waals surface area contributed by atoms with Crippen molar-refractivity contribution >= 4 is 28.5 Å². The number of anilines is 1. The second kappa shape index (κ2) is 8.91. The number of hydrogen-bond donors (Lipinski definition) is 2. The van der Waals surface area contributed by atoms with Crippen molar-refractivity contribution in [1.82, 2.24) is 19.1 Å². The largest absolute Gasteiger partial charge is 0.329 e. The standard InChI is InChI=1S/C22H21N7O4/c1-14(16-8-10-17(11-9-16)29(32)33)25-26-21-23-19-18(20(30)24-22(31)27(19)2)28(21)13-12-15-6-4-3-5-7-15/h3-11H,12-13H2,1-2H3,(H,23,26)(H,24,30,31). The number of imidazole rings is 1. The van der Waals surface area contributed by atoms with Crippen molar-refractivity contribution in [3.63, 3.8) is 0 Å². The molecule has 0 bridgehead atoms. The van der Waals surface area contributed by atoms with Crippen LogP contribution in [-0.4, -0.2) is 29.7 Å². The van der Waals surface area contributed by atoms with Crippen LogP contribution in [0.2, 0.25) is 0 Å². The lowest BCUT2D eigenvalue weighted by Gasteiger charge is -2.09. The number of fused-ring (bicyclic) bond motifs is 1. The fraction of sp³-hybridized carbons (Fsp3) is 0.182. The lowest BCUT2D eigenvalue weighted by atomic mass is 10.1. The second-order valence-corrected chi connectivity index (χ2v) is 7.43. The summed E-state index contributed by atoms with van der Waals surface area (Å²) in [6.07, 6.45) is 0.633. The van der Waals surface area contributed by atoms with Crippen molar-refractivity contribution in [2.75, 3.05) is 5.43 Å². The summed E-state index contributed by atoms with van der Waals surface area (Å²) in [4.78, 5) is 41.8. The lowest BCUT2D eigenvalue weighted by Crippen LogP contribution is -2.29. The van der Waals surface area contributed by atoms with Crippen LogP contribution >= 0.6 is 0 Å². The molecule has 2 N–H and O–H groups in total. The Morgan fingerprint density at radius 3 is 2.52 bits per heavy atom. The minimum absolute atomic E-state index is 0.0117. The molecule has 0 amide bonds. The molecule has 4 aromatic rings. The van der Waals surface area contributed by atoms with Crippen LogP contribution in [0.3, 0.4) is 0 Å². The minimum Gasteiger partial charge on any atom is -0.303 e. The zero-order chi connectivity index (χ0) is 23.5. The number of aromatic amines is 1. The maximum atomic E-state index is 12.6. The Morgan fingerprint density at radius 2 is 1.85 bits per heavy atom. The molecule has 0 radical (unpaired) electrons. The van der Waals surface area contributed by atoms with E-state index >= 15 is 0 Å². The predicted molar refractivity (Wildman–Crippen MR) is 125 cm³/mol. The lowest BCUT2D eigenvalue weighted by molar-refractivity contribution is -0.384. The normalized spacial score (nSPS) is 11.6. The number of hydrogen-bond acceptors (Lipinski definition) is 7. The highest BCUT2D eigenvalue weighted by Gasteiger charge is 2.17. The van der Waals surface area contributed by atoms with Crippen molar-refractivity contribution < 1.29 is 4.92 Å². The van der Waals surface area contributed by atoms with E-state index in [9.17, 15) is 19.7 Å². The maximum Gasteiger partial charge on any atom is 0.329 e. The van der Waals surface area contributed by atoms with Gasteiger partial charge in [-0.3, -0.25) is 24.5 Å². The predicted octanol–water partition coefficient (Wildman–Crippen LogP) is 2.41. The Kier molecular flexibility index (Phi) is 5.85. The molecule has 2 aromatic heterocycles. The van der Waals surface area contributed by atoms with Gasteiger partial charge in [0.25, 0.3) is 11.2 Å². The SMILES string of the molecule is CC(=NNc1nc2c(c(=O)[nH]c(=O)n2C)n1CCc1ccccc1)c1ccc([N+](=O)[O-])cc1. The Labute approximate surface area is 187 Å². The van der Waals surface area contributed by atoms with Crippen LogP contribution in [-0.2, 0) is 20.0 Å². The molecule has 2 heterocycles. The number of benzene rings is 2. The van der Waals surface area contributed by atoms with Crippen LogP contribution in [0.5, 0.6) is 0 Å². The van der Waals surface area contributed by atoms with Crippen molar-refractivity contribution in [3.8, 4) is 0 Å². The van der Waals surface area contributed by atoms with Crippen LogP contribution in [0.25, 0.3) is 11.2 Å². The van der Waals surface area contributed by atoms with Crippen LogP contribution in [0, 0.1) is 10.1 Å². The van der Waals surface area contributed by atoms with Gasteiger partial charge >= 0.3 is 5.69 Å². The number of nitro benzene ring substituents is 1. The quantitative estimate of drug-likeness (QED) is 0.253. The number of nitrogens with one attached hydrogen (secondary N) is 2. The molecule has 4 rings (SSSR count). The van der Waals surface area contributed by atoms with Crippen LogP contribution in [0.15, 0.2) is 69.3 Å². The molecule has 0 saturated carbocycles. The smallest absolute Gasteiger partial charge is 0.303 e. The Balaban J connectivity index is 1.71. The first-order valence-corrected chi connectivity index (χ1v) is 10.1. The molecule has 168 valence electrons. The van der Waals surface area contributed by atoms with E-state index in [1.54, 1.807) is 23.6 Å². The first-order valence-electron chi connectivity index (χ1n) is 10.1. The zero-order valence-corrected chi connectivity index (χ0v) is 18.0. The molecule has 0 spiro atoms. The average molecular weight is 447 g/mol. The monoisotopic (exact) mass is 447 g/mol. The van der Waals surface area contributed by atoms with E-state index in [-0.39, 0.29) is 16.9 Å². The Morgan fingerprint density at radius 1 is 1.15 bits per heavy atom. The molecule has 33 heavy (non-hydrogen) atoms. The first kappa shape index (κ1) is 21.7. The van der Waals surface area contributed by atoms with Gasteiger partial charge in [0.15, 0.2) is 11.2 Å². The number of aryl methyl sites for hydroxylation is 3. The molecular weight excluding hydrogens is 426 g/mol. The number of rotatable bonds is 7. The molecule has 0 aliphatic heterocycles. The fourth-order valence-corrected chi connectivity index (χ4v) is 3.45. The summed E-state index contributed by atoms with van der Waals surface area (Å²) in [7, 11) is 1.53. The molecule has 0 aliphatic rings. The third kappa shape index (κ3) is 4.42. The summed E-state index contributed by atoms with van der Waals surface area (Å²) >= 11 is 0. The van der Waals surface area contributed by atoms with E-state index in [4.69, 9.17) is 0 Å². The summed E-state index contributed by atoms with van der Waals surface area (Å²) in [5.41, 5.74) is 4.62. The molecule has 11 heteroatoms. The highest BCUT2D eigenvalue weighted by molar-refractivity contribution is 5.99. The van der Waals surface area contributed by atoms with Crippen LogP contribution in [0.1, 0.15) is 18.1 Å². The number of non-ortho nitro benzene ring substituents is 1. The van der Waals surface area contributed by atoms with E-state index in [1.807, 2.05) is 30.3 Å². The molecule has 0 atom stereocenters. The van der Waals surface area contributed by atoms with E-state index in [2.05, 4.69) is 20.5 Å². The maximum absolute atomic E-state index is 12.6. The van der Waals surface area contributed by atoms with Gasteiger partial charge in [0.1, 0.15) is 0 Å². The molecule has 0 fully saturated rings. The third-order valence-corrected chi connectivity index (χ3v) is 5.29. The number of aromatic nitrogens is 4. The van der Waals surface area contributed by atoms with E-state index in [1.165, 1.54) is 23.7 Å². The van der Waals surface area contributed by atoms with Gasteiger partial charge in [-0.15, -0.1) is 0 Å². The molecule has 0 unspecified atom stereocenters. The Bertz CT molecular complexity index is 1470. The van der Waals surface area contributed by atoms with E-state index < -0.39 is 16.2 Å². The average Bonchev–Trinajstić information content (AvgIpc) is 3.19. The molecular formula is C22H21N7O4. The molecule has 11 nitrogen and oxygen atoms in total. The number of hydrazone groups is 1. The van der Waals surface area contributed by atoms with E-state index in [0.717, 1.165) is 5.56 Å². The van der Waals surface area contributed by atoms with Gasteiger partial charge in [0.2, 0.25) is 5.95 Å².